The fourth-order valence-electron chi connectivity index (χ4n) is 2.57. The van der Waals surface area contributed by atoms with E-state index in [1.54, 1.807) is 17.7 Å². The predicted octanol–water partition coefficient (Wildman–Crippen LogP) is 4.38. The number of thiophene rings is 1. The molecular weight excluding hydrogens is 330 g/mol. The van der Waals surface area contributed by atoms with E-state index in [0.717, 1.165) is 38.7 Å². The van der Waals surface area contributed by atoms with Crippen LogP contribution in [0.3, 0.4) is 0 Å². The van der Waals surface area contributed by atoms with E-state index in [1.807, 2.05) is 31.3 Å². The lowest BCUT2D eigenvalue weighted by Gasteiger charge is -2.08. The van der Waals surface area contributed by atoms with Crippen LogP contribution < -0.4 is 5.32 Å². The van der Waals surface area contributed by atoms with Crippen molar-refractivity contribution < 1.29 is 0 Å². The van der Waals surface area contributed by atoms with Crippen LogP contribution in [0.4, 0.5) is 5.82 Å². The van der Waals surface area contributed by atoms with Crippen LogP contribution in [0.25, 0.3) is 21.6 Å². The molecule has 0 fully saturated rings. The quantitative estimate of drug-likeness (QED) is 0.593. The molecule has 0 bridgehead atoms. The zero-order chi connectivity index (χ0) is 17.2. The van der Waals surface area contributed by atoms with Crippen molar-refractivity contribution in [3.8, 4) is 10.6 Å². The summed E-state index contributed by atoms with van der Waals surface area (Å²) in [6.45, 7) is 4.72. The van der Waals surface area contributed by atoms with Gasteiger partial charge in [0.15, 0.2) is 5.82 Å². The Morgan fingerprint density at radius 3 is 2.64 bits per heavy atom. The maximum Gasteiger partial charge on any atom is 0.156 e. The fourth-order valence-corrected chi connectivity index (χ4v) is 3.41. The lowest BCUT2D eigenvalue weighted by Crippen LogP contribution is -2.04. The molecule has 0 saturated carbocycles. The first-order chi connectivity index (χ1) is 12.2. The van der Waals surface area contributed by atoms with Gasteiger partial charge in [-0.15, -0.1) is 11.3 Å². The maximum atomic E-state index is 4.79. The van der Waals surface area contributed by atoms with Crippen LogP contribution in [0.5, 0.6) is 0 Å². The molecule has 4 heterocycles. The zero-order valence-corrected chi connectivity index (χ0v) is 14.8. The van der Waals surface area contributed by atoms with E-state index in [2.05, 4.69) is 45.4 Å². The van der Waals surface area contributed by atoms with Gasteiger partial charge in [-0.25, -0.2) is 15.0 Å². The molecule has 5 nitrogen and oxygen atoms in total. The van der Waals surface area contributed by atoms with Crippen LogP contribution in [0.15, 0.2) is 48.9 Å². The molecule has 0 saturated heterocycles. The topological polar surface area (TPSA) is 63.6 Å². The van der Waals surface area contributed by atoms with E-state index in [-0.39, 0.29) is 0 Å². The van der Waals surface area contributed by atoms with E-state index in [0.29, 0.717) is 6.54 Å². The zero-order valence-electron chi connectivity index (χ0n) is 14.0. The summed E-state index contributed by atoms with van der Waals surface area (Å²) in [5.74, 6) is 0.737. The Balaban J connectivity index is 1.67. The summed E-state index contributed by atoms with van der Waals surface area (Å²) < 4.78 is 0. The Bertz CT molecular complexity index is 1020. The number of nitrogens with zero attached hydrogens (tertiary/aromatic N) is 4. The average molecular weight is 347 g/mol. The smallest absolute Gasteiger partial charge is 0.156 e. The summed E-state index contributed by atoms with van der Waals surface area (Å²) in [5, 5.41) is 3.36. The molecule has 0 atom stereocenters. The van der Waals surface area contributed by atoms with Crippen LogP contribution in [-0.2, 0) is 6.54 Å². The van der Waals surface area contributed by atoms with Gasteiger partial charge in [-0.3, -0.25) is 4.98 Å². The number of anilines is 1. The molecule has 25 heavy (non-hydrogen) atoms. The van der Waals surface area contributed by atoms with Crippen molar-refractivity contribution in [2.45, 2.75) is 20.4 Å². The van der Waals surface area contributed by atoms with Gasteiger partial charge >= 0.3 is 0 Å². The molecule has 4 aromatic rings. The number of hydrogen-bond acceptors (Lipinski definition) is 6. The van der Waals surface area contributed by atoms with Crippen molar-refractivity contribution in [1.29, 1.82) is 0 Å². The number of fused-ring (bicyclic) bond motifs is 1. The number of pyridine rings is 2. The lowest BCUT2D eigenvalue weighted by atomic mass is 10.2. The highest BCUT2D eigenvalue weighted by Crippen LogP contribution is 2.28. The molecule has 124 valence electrons. The Labute approximate surface area is 149 Å². The number of aryl methyl sites for hydroxylation is 2. The lowest BCUT2D eigenvalue weighted by molar-refractivity contribution is 1.06. The standard InChI is InChI=1S/C19H17N5S/c1-12-3-5-14(9-20-12)10-21-19-18-16(22-11-23-19)7-6-15(24-18)17-8-4-13(2)25-17/h3-9,11H,10H2,1-2H3,(H,21,22,23). The van der Waals surface area contributed by atoms with E-state index < -0.39 is 0 Å². The minimum Gasteiger partial charge on any atom is -0.364 e. The number of rotatable bonds is 4. The Morgan fingerprint density at radius 2 is 1.88 bits per heavy atom. The van der Waals surface area contributed by atoms with Crippen LogP contribution >= 0.6 is 11.3 Å². The van der Waals surface area contributed by atoms with E-state index in [9.17, 15) is 0 Å². The summed E-state index contributed by atoms with van der Waals surface area (Å²) in [6, 6.07) is 12.3. The molecule has 0 amide bonds. The normalized spacial score (nSPS) is 11.0. The highest BCUT2D eigenvalue weighted by atomic mass is 32.1. The second-order valence-electron chi connectivity index (χ2n) is 5.86. The average Bonchev–Trinajstić information content (AvgIpc) is 3.07. The number of nitrogens with one attached hydrogen (secondary N) is 1. The predicted molar refractivity (Wildman–Crippen MR) is 102 cm³/mol. The molecule has 4 aromatic heterocycles. The molecule has 1 N–H and O–H groups in total. The van der Waals surface area contributed by atoms with Gasteiger partial charge < -0.3 is 5.32 Å². The fraction of sp³-hybridized carbons (Fsp3) is 0.158. The van der Waals surface area contributed by atoms with Crippen molar-refractivity contribution in [2.75, 3.05) is 5.32 Å². The third-order valence-electron chi connectivity index (χ3n) is 3.91. The highest BCUT2D eigenvalue weighted by Gasteiger charge is 2.09. The SMILES string of the molecule is Cc1ccc(CNc2ncnc3ccc(-c4ccc(C)s4)nc23)cn1. The molecule has 0 radical (unpaired) electrons. The molecule has 0 aliphatic heterocycles. The van der Waals surface area contributed by atoms with Gasteiger partial charge in [-0.1, -0.05) is 6.07 Å². The van der Waals surface area contributed by atoms with Crippen molar-refractivity contribution in [3.63, 3.8) is 0 Å². The molecule has 6 heteroatoms. The first kappa shape index (κ1) is 15.7. The first-order valence-corrected chi connectivity index (χ1v) is 8.85. The minimum absolute atomic E-state index is 0.642. The van der Waals surface area contributed by atoms with Crippen LogP contribution in [0.2, 0.25) is 0 Å². The van der Waals surface area contributed by atoms with Gasteiger partial charge in [0, 0.05) is 23.3 Å². The molecular formula is C19H17N5S. The van der Waals surface area contributed by atoms with Gasteiger partial charge in [-0.2, -0.15) is 0 Å². The van der Waals surface area contributed by atoms with Crippen LogP contribution in [-0.4, -0.2) is 19.9 Å². The second kappa shape index (κ2) is 6.57. The molecule has 0 aliphatic carbocycles. The summed E-state index contributed by atoms with van der Waals surface area (Å²) >= 11 is 1.73. The number of aromatic nitrogens is 4. The molecule has 0 aliphatic rings. The third kappa shape index (κ3) is 3.34. The van der Waals surface area contributed by atoms with Crippen molar-refractivity contribution in [2.24, 2.45) is 0 Å². The second-order valence-corrected chi connectivity index (χ2v) is 7.15. The van der Waals surface area contributed by atoms with Crippen molar-refractivity contribution in [1.82, 2.24) is 19.9 Å². The largest absolute Gasteiger partial charge is 0.364 e. The molecule has 0 spiro atoms. The Kier molecular flexibility index (Phi) is 4.11. The Morgan fingerprint density at radius 1 is 0.960 bits per heavy atom. The summed E-state index contributed by atoms with van der Waals surface area (Å²) in [6.07, 6.45) is 3.44. The first-order valence-electron chi connectivity index (χ1n) is 8.03. The van der Waals surface area contributed by atoms with E-state index in [4.69, 9.17) is 4.98 Å². The highest BCUT2D eigenvalue weighted by molar-refractivity contribution is 7.15. The Hall–Kier alpha value is -2.86. The molecule has 0 unspecified atom stereocenters. The van der Waals surface area contributed by atoms with Crippen LogP contribution in [0, 0.1) is 13.8 Å². The van der Waals surface area contributed by atoms with E-state index in [1.165, 1.54) is 4.88 Å². The van der Waals surface area contributed by atoms with E-state index >= 15 is 0 Å². The molecule has 4 rings (SSSR count). The van der Waals surface area contributed by atoms with Gasteiger partial charge in [0.25, 0.3) is 0 Å². The van der Waals surface area contributed by atoms with Gasteiger partial charge in [-0.05, 0) is 49.7 Å². The minimum atomic E-state index is 0.642. The number of hydrogen-bond donors (Lipinski definition) is 1. The van der Waals surface area contributed by atoms with Crippen molar-refractivity contribution >= 4 is 28.2 Å². The van der Waals surface area contributed by atoms with Gasteiger partial charge in [0.1, 0.15) is 11.8 Å². The molecule has 0 aromatic carbocycles. The maximum absolute atomic E-state index is 4.79. The third-order valence-corrected chi connectivity index (χ3v) is 4.93. The van der Waals surface area contributed by atoms with Crippen molar-refractivity contribution in [3.05, 3.63) is 65.1 Å². The van der Waals surface area contributed by atoms with Gasteiger partial charge in [0.2, 0.25) is 0 Å². The summed E-state index contributed by atoms with van der Waals surface area (Å²) in [7, 11) is 0. The monoisotopic (exact) mass is 347 g/mol. The van der Waals surface area contributed by atoms with Crippen LogP contribution in [0.1, 0.15) is 16.1 Å². The van der Waals surface area contributed by atoms with Gasteiger partial charge in [0.05, 0.1) is 16.1 Å². The summed E-state index contributed by atoms with van der Waals surface area (Å²) in [4.78, 5) is 20.2. The summed E-state index contributed by atoms with van der Waals surface area (Å²) in [5.41, 5.74) is 4.67.